The third-order valence-corrected chi connectivity index (χ3v) is 5.04. The van der Waals surface area contributed by atoms with Gasteiger partial charge < -0.3 is 18.9 Å². The Bertz CT molecular complexity index is 1120. The van der Waals surface area contributed by atoms with Crippen molar-refractivity contribution in [2.45, 2.75) is 27.7 Å². The molecule has 1 aromatic carbocycles. The van der Waals surface area contributed by atoms with Gasteiger partial charge in [0.2, 0.25) is 0 Å². The van der Waals surface area contributed by atoms with Gasteiger partial charge in [0.1, 0.15) is 11.5 Å². The first-order chi connectivity index (χ1) is 15.7. The maximum atomic E-state index is 12.2. The highest BCUT2D eigenvalue weighted by Gasteiger charge is 2.22. The number of rotatable bonds is 8. The summed E-state index contributed by atoms with van der Waals surface area (Å²) in [7, 11) is 2.54. The van der Waals surface area contributed by atoms with E-state index in [9.17, 15) is 9.59 Å². The highest BCUT2D eigenvalue weighted by atomic mass is 35.5. The lowest BCUT2D eigenvalue weighted by Crippen LogP contribution is -2.10. The normalized spacial score (nSPS) is 11.3. The monoisotopic (exact) mass is 474 g/mol. The van der Waals surface area contributed by atoms with Gasteiger partial charge >= 0.3 is 11.9 Å². The minimum atomic E-state index is -0.625. The number of benzene rings is 1. The van der Waals surface area contributed by atoms with Crippen LogP contribution in [0, 0.1) is 11.8 Å². The molecule has 0 N–H and O–H groups in total. The zero-order chi connectivity index (χ0) is 24.3. The van der Waals surface area contributed by atoms with Crippen LogP contribution in [0.15, 0.2) is 18.2 Å². The lowest BCUT2D eigenvalue weighted by Gasteiger charge is -2.16. The van der Waals surface area contributed by atoms with E-state index in [2.05, 4.69) is 9.97 Å². The molecule has 3 aromatic rings. The summed E-state index contributed by atoms with van der Waals surface area (Å²) in [4.78, 5) is 33.3. The summed E-state index contributed by atoms with van der Waals surface area (Å²) in [6, 6.07) is 4.86. The maximum absolute atomic E-state index is 12.2. The number of carbonyl (C=O) groups is 2. The number of fused-ring (bicyclic) bond motifs is 2. The molecule has 3 rings (SSSR count). The van der Waals surface area contributed by atoms with Crippen molar-refractivity contribution in [1.82, 2.24) is 9.97 Å². The third-order valence-electron chi connectivity index (χ3n) is 4.68. The molecule has 0 aliphatic heterocycles. The van der Waals surface area contributed by atoms with Crippen LogP contribution in [-0.2, 0) is 9.47 Å². The second-order valence-electron chi connectivity index (χ2n) is 8.39. The van der Waals surface area contributed by atoms with Crippen molar-refractivity contribution in [1.29, 1.82) is 0 Å². The Kier molecular flexibility index (Phi) is 7.58. The molecular formula is C24H27ClN2O6. The number of hydrogen-bond donors (Lipinski definition) is 0. The molecular weight excluding hydrogens is 448 g/mol. The molecule has 0 aliphatic carbocycles. The molecule has 176 valence electrons. The smallest absolute Gasteiger partial charge is 0.356 e. The first kappa shape index (κ1) is 24.5. The van der Waals surface area contributed by atoms with E-state index in [0.29, 0.717) is 46.5 Å². The fourth-order valence-corrected chi connectivity index (χ4v) is 3.39. The minimum absolute atomic E-state index is 0.0467. The summed E-state index contributed by atoms with van der Waals surface area (Å²) in [5.41, 5.74) is 0.695. The molecule has 0 fully saturated rings. The quantitative estimate of drug-likeness (QED) is 0.329. The number of aromatic nitrogens is 2. The molecule has 0 aliphatic rings. The number of halogens is 1. The van der Waals surface area contributed by atoms with Crippen molar-refractivity contribution in [2.75, 3.05) is 27.4 Å². The van der Waals surface area contributed by atoms with Crippen LogP contribution < -0.4 is 9.47 Å². The minimum Gasteiger partial charge on any atom is -0.493 e. The number of ether oxygens (including phenoxy) is 4. The van der Waals surface area contributed by atoms with Crippen LogP contribution in [0.25, 0.3) is 21.8 Å². The van der Waals surface area contributed by atoms with Gasteiger partial charge in [-0.3, -0.25) is 0 Å². The van der Waals surface area contributed by atoms with Gasteiger partial charge in [0, 0.05) is 22.9 Å². The van der Waals surface area contributed by atoms with Crippen LogP contribution in [0.2, 0.25) is 5.02 Å². The predicted octanol–water partition coefficient (Wildman–Crippen LogP) is 5.08. The molecule has 33 heavy (non-hydrogen) atoms. The van der Waals surface area contributed by atoms with Crippen LogP contribution in [0.3, 0.4) is 0 Å². The van der Waals surface area contributed by atoms with Crippen molar-refractivity contribution in [3.8, 4) is 11.5 Å². The average molecular weight is 475 g/mol. The standard InChI is InChI=1S/C24H27ClN2O6/c1-12(2)10-32-18-8-16(23(28)30-5)26-21-14(18)7-15-19(33-11-13(3)4)9-17(24(29)31-6)27-22(15)20(21)25/h7-9,12-13H,10-11H2,1-6H3. The van der Waals surface area contributed by atoms with E-state index in [1.807, 2.05) is 27.7 Å². The van der Waals surface area contributed by atoms with Gasteiger partial charge in [-0.05, 0) is 17.9 Å². The number of pyridine rings is 2. The van der Waals surface area contributed by atoms with Gasteiger partial charge in [0.25, 0.3) is 0 Å². The van der Waals surface area contributed by atoms with Crippen molar-refractivity contribution in [3.05, 3.63) is 34.6 Å². The second-order valence-corrected chi connectivity index (χ2v) is 8.76. The summed E-state index contributed by atoms with van der Waals surface area (Å²) < 4.78 is 21.7. The van der Waals surface area contributed by atoms with Crippen LogP contribution in [-0.4, -0.2) is 49.3 Å². The van der Waals surface area contributed by atoms with E-state index in [0.717, 1.165) is 0 Å². The van der Waals surface area contributed by atoms with Crippen LogP contribution in [0.1, 0.15) is 48.7 Å². The van der Waals surface area contributed by atoms with E-state index in [1.54, 1.807) is 6.07 Å². The summed E-state index contributed by atoms with van der Waals surface area (Å²) in [5.74, 6) is 0.119. The van der Waals surface area contributed by atoms with E-state index in [-0.39, 0.29) is 28.2 Å². The lowest BCUT2D eigenvalue weighted by atomic mass is 10.1. The SMILES string of the molecule is COC(=O)c1cc(OCC(C)C)c2cc3c(OCC(C)C)cc(C(=O)OC)nc3c(Cl)c2n1. The molecule has 8 nitrogen and oxygen atoms in total. The van der Waals surface area contributed by atoms with Gasteiger partial charge in [0.15, 0.2) is 11.4 Å². The van der Waals surface area contributed by atoms with Gasteiger partial charge in [-0.25, -0.2) is 19.6 Å². The topological polar surface area (TPSA) is 96.8 Å². The van der Waals surface area contributed by atoms with E-state index in [1.165, 1.54) is 26.4 Å². The van der Waals surface area contributed by atoms with E-state index in [4.69, 9.17) is 30.5 Å². The highest BCUT2D eigenvalue weighted by molar-refractivity contribution is 6.40. The number of hydrogen-bond acceptors (Lipinski definition) is 8. The van der Waals surface area contributed by atoms with Crippen LogP contribution >= 0.6 is 11.6 Å². The Morgan fingerprint density at radius 3 is 1.52 bits per heavy atom. The fourth-order valence-electron chi connectivity index (χ4n) is 3.10. The second kappa shape index (κ2) is 10.2. The van der Waals surface area contributed by atoms with Crippen molar-refractivity contribution in [2.24, 2.45) is 11.8 Å². The first-order valence-electron chi connectivity index (χ1n) is 10.6. The average Bonchev–Trinajstić information content (AvgIpc) is 2.80. The van der Waals surface area contributed by atoms with Gasteiger partial charge in [-0.1, -0.05) is 39.3 Å². The molecule has 0 radical (unpaired) electrons. The Morgan fingerprint density at radius 1 is 0.788 bits per heavy atom. The number of carbonyl (C=O) groups excluding carboxylic acids is 2. The number of methoxy groups -OCH3 is 2. The highest BCUT2D eigenvalue weighted by Crippen LogP contribution is 2.39. The molecule has 0 saturated heterocycles. The molecule has 0 unspecified atom stereocenters. The molecule has 2 heterocycles. The molecule has 0 atom stereocenters. The zero-order valence-electron chi connectivity index (χ0n) is 19.5. The molecule has 0 saturated carbocycles. The van der Waals surface area contributed by atoms with E-state index < -0.39 is 11.9 Å². The van der Waals surface area contributed by atoms with Gasteiger partial charge in [-0.2, -0.15) is 0 Å². The molecule has 0 spiro atoms. The van der Waals surface area contributed by atoms with Gasteiger partial charge in [-0.15, -0.1) is 0 Å². The summed E-state index contributed by atoms with van der Waals surface area (Å²) >= 11 is 6.74. The molecule has 0 amide bonds. The van der Waals surface area contributed by atoms with Crippen molar-refractivity contribution in [3.63, 3.8) is 0 Å². The Balaban J connectivity index is 2.36. The fraction of sp³-hybridized carbons (Fsp3) is 0.417. The Hall–Kier alpha value is -3.13. The predicted molar refractivity (Wildman–Crippen MR) is 125 cm³/mol. The Morgan fingerprint density at radius 2 is 1.18 bits per heavy atom. The third kappa shape index (κ3) is 5.27. The van der Waals surface area contributed by atoms with Crippen LogP contribution in [0.4, 0.5) is 0 Å². The van der Waals surface area contributed by atoms with Crippen molar-refractivity contribution < 1.29 is 28.5 Å². The first-order valence-corrected chi connectivity index (χ1v) is 10.9. The summed E-state index contributed by atoms with van der Waals surface area (Å²) in [5, 5.41) is 1.33. The zero-order valence-corrected chi connectivity index (χ0v) is 20.3. The van der Waals surface area contributed by atoms with E-state index >= 15 is 0 Å². The van der Waals surface area contributed by atoms with Gasteiger partial charge in [0.05, 0.1) is 43.5 Å². The maximum Gasteiger partial charge on any atom is 0.356 e. The molecule has 9 heteroatoms. The Labute approximate surface area is 197 Å². The lowest BCUT2D eigenvalue weighted by molar-refractivity contribution is 0.0585. The van der Waals surface area contributed by atoms with Crippen LogP contribution in [0.5, 0.6) is 11.5 Å². The summed E-state index contributed by atoms with van der Waals surface area (Å²) in [6.45, 7) is 8.91. The largest absolute Gasteiger partial charge is 0.493 e. The summed E-state index contributed by atoms with van der Waals surface area (Å²) in [6.07, 6.45) is 0. The number of nitrogens with zero attached hydrogens (tertiary/aromatic N) is 2. The number of esters is 2. The molecule has 2 aromatic heterocycles. The molecule has 0 bridgehead atoms. The van der Waals surface area contributed by atoms with Crippen molar-refractivity contribution >= 4 is 45.3 Å².